The van der Waals surface area contributed by atoms with Crippen LogP contribution in [0.25, 0.3) is 0 Å². The van der Waals surface area contributed by atoms with Gasteiger partial charge in [-0.2, -0.15) is 17.0 Å². The molecule has 0 fully saturated rings. The highest BCUT2D eigenvalue weighted by Crippen LogP contribution is 2.15. The molecule has 1 aromatic rings. The van der Waals surface area contributed by atoms with Crippen LogP contribution in [0.3, 0.4) is 0 Å². The van der Waals surface area contributed by atoms with Gasteiger partial charge >= 0.3 is 0 Å². The SMILES string of the molecule is N#Cc1ccccc1CSCCN=C(N)N. The first-order valence-corrected chi connectivity index (χ1v) is 6.00. The predicted octanol–water partition coefficient (Wildman–Crippen LogP) is 1.06. The lowest BCUT2D eigenvalue weighted by Gasteiger charge is -2.02. The lowest BCUT2D eigenvalue weighted by molar-refractivity contribution is 1.12. The molecule has 0 spiro atoms. The van der Waals surface area contributed by atoms with Crippen molar-refractivity contribution >= 4 is 17.7 Å². The van der Waals surface area contributed by atoms with Crippen LogP contribution >= 0.6 is 11.8 Å². The second-order valence-electron chi connectivity index (χ2n) is 3.13. The smallest absolute Gasteiger partial charge is 0.185 e. The lowest BCUT2D eigenvalue weighted by atomic mass is 10.1. The van der Waals surface area contributed by atoms with Gasteiger partial charge in [0.2, 0.25) is 0 Å². The van der Waals surface area contributed by atoms with Crippen LogP contribution in [0.5, 0.6) is 0 Å². The molecule has 4 nitrogen and oxygen atoms in total. The van der Waals surface area contributed by atoms with E-state index >= 15 is 0 Å². The highest BCUT2D eigenvalue weighted by Gasteiger charge is 1.99. The molecule has 0 saturated carbocycles. The molecule has 5 heteroatoms. The molecule has 84 valence electrons. The Morgan fingerprint density at radius 2 is 2.12 bits per heavy atom. The fraction of sp³-hybridized carbons (Fsp3) is 0.273. The Morgan fingerprint density at radius 3 is 2.81 bits per heavy atom. The van der Waals surface area contributed by atoms with Crippen LogP contribution in [0.4, 0.5) is 0 Å². The Kier molecular flexibility index (Phi) is 5.23. The molecule has 0 aromatic heterocycles. The van der Waals surface area contributed by atoms with Crippen LogP contribution < -0.4 is 11.5 Å². The summed E-state index contributed by atoms with van der Waals surface area (Å²) in [6.45, 7) is 0.613. The molecule has 0 saturated heterocycles. The van der Waals surface area contributed by atoms with Crippen molar-refractivity contribution in [1.82, 2.24) is 0 Å². The fourth-order valence-corrected chi connectivity index (χ4v) is 2.01. The van der Waals surface area contributed by atoms with Gasteiger partial charge in [0.1, 0.15) is 0 Å². The number of hydrogen-bond acceptors (Lipinski definition) is 3. The van der Waals surface area contributed by atoms with E-state index in [1.165, 1.54) is 0 Å². The van der Waals surface area contributed by atoms with Crippen LogP contribution in [0.2, 0.25) is 0 Å². The van der Waals surface area contributed by atoms with E-state index in [4.69, 9.17) is 16.7 Å². The molecule has 0 heterocycles. The molecule has 0 bridgehead atoms. The fourth-order valence-electron chi connectivity index (χ4n) is 1.18. The first kappa shape index (κ1) is 12.4. The average molecular weight is 234 g/mol. The summed E-state index contributed by atoms with van der Waals surface area (Å²) >= 11 is 1.71. The number of nitrogens with two attached hydrogens (primary N) is 2. The summed E-state index contributed by atoms with van der Waals surface area (Å²) in [4.78, 5) is 3.88. The van der Waals surface area contributed by atoms with E-state index in [0.29, 0.717) is 6.54 Å². The third-order valence-electron chi connectivity index (χ3n) is 1.93. The minimum atomic E-state index is 0.123. The molecular formula is C11H14N4S. The van der Waals surface area contributed by atoms with Gasteiger partial charge in [-0.3, -0.25) is 4.99 Å². The number of thioether (sulfide) groups is 1. The maximum atomic E-state index is 8.88. The number of rotatable bonds is 5. The number of nitriles is 1. The van der Waals surface area contributed by atoms with Gasteiger partial charge in [-0.25, -0.2) is 0 Å². The average Bonchev–Trinajstić information content (AvgIpc) is 2.29. The monoisotopic (exact) mass is 234 g/mol. The summed E-state index contributed by atoms with van der Waals surface area (Å²) in [5.41, 5.74) is 12.2. The summed E-state index contributed by atoms with van der Waals surface area (Å²) < 4.78 is 0. The molecule has 0 unspecified atom stereocenters. The van der Waals surface area contributed by atoms with E-state index in [-0.39, 0.29) is 5.96 Å². The Morgan fingerprint density at radius 1 is 1.38 bits per heavy atom. The van der Waals surface area contributed by atoms with Crippen LogP contribution in [0.15, 0.2) is 29.3 Å². The van der Waals surface area contributed by atoms with Crippen molar-refractivity contribution in [1.29, 1.82) is 5.26 Å². The number of benzene rings is 1. The second-order valence-corrected chi connectivity index (χ2v) is 4.23. The van der Waals surface area contributed by atoms with E-state index in [0.717, 1.165) is 22.6 Å². The van der Waals surface area contributed by atoms with Gasteiger partial charge < -0.3 is 11.5 Å². The highest BCUT2D eigenvalue weighted by atomic mass is 32.2. The number of nitrogens with zero attached hydrogens (tertiary/aromatic N) is 2. The summed E-state index contributed by atoms with van der Waals surface area (Å²) in [6.07, 6.45) is 0. The molecule has 0 radical (unpaired) electrons. The standard InChI is InChI=1S/C11H14N4S/c12-7-9-3-1-2-4-10(9)8-16-6-5-15-11(13)14/h1-4H,5-6,8H2,(H4,13,14,15). The largest absolute Gasteiger partial charge is 0.370 e. The molecule has 16 heavy (non-hydrogen) atoms. The first-order valence-electron chi connectivity index (χ1n) is 4.85. The van der Waals surface area contributed by atoms with E-state index in [1.54, 1.807) is 11.8 Å². The molecule has 0 aliphatic rings. The molecule has 1 aromatic carbocycles. The minimum absolute atomic E-state index is 0.123. The number of aliphatic imine (C=N–C) groups is 1. The van der Waals surface area contributed by atoms with Crippen molar-refractivity contribution < 1.29 is 0 Å². The molecular weight excluding hydrogens is 220 g/mol. The zero-order valence-electron chi connectivity index (χ0n) is 8.89. The summed E-state index contributed by atoms with van der Waals surface area (Å²) in [5, 5.41) is 8.88. The van der Waals surface area contributed by atoms with Crippen molar-refractivity contribution in [3.63, 3.8) is 0 Å². The molecule has 0 aliphatic heterocycles. The Bertz CT molecular complexity index is 405. The molecule has 0 aliphatic carbocycles. The van der Waals surface area contributed by atoms with Crippen molar-refractivity contribution in [2.75, 3.05) is 12.3 Å². The predicted molar refractivity (Wildman–Crippen MR) is 68.0 cm³/mol. The molecule has 4 N–H and O–H groups in total. The maximum Gasteiger partial charge on any atom is 0.185 e. The van der Waals surface area contributed by atoms with Crippen LogP contribution in [0.1, 0.15) is 11.1 Å². The summed E-state index contributed by atoms with van der Waals surface area (Å²) in [5.74, 6) is 1.78. The number of guanidine groups is 1. The van der Waals surface area contributed by atoms with Gasteiger partial charge in [0.05, 0.1) is 18.2 Å². The minimum Gasteiger partial charge on any atom is -0.370 e. The quantitative estimate of drug-likeness (QED) is 0.453. The van der Waals surface area contributed by atoms with Crippen LogP contribution in [-0.4, -0.2) is 18.3 Å². The Balaban J connectivity index is 2.38. The van der Waals surface area contributed by atoms with E-state index in [1.807, 2.05) is 24.3 Å². The second kappa shape index (κ2) is 6.75. The van der Waals surface area contributed by atoms with Crippen molar-refractivity contribution in [2.45, 2.75) is 5.75 Å². The summed E-state index contributed by atoms with van der Waals surface area (Å²) in [7, 11) is 0. The van der Waals surface area contributed by atoms with Crippen LogP contribution in [-0.2, 0) is 5.75 Å². The highest BCUT2D eigenvalue weighted by molar-refractivity contribution is 7.98. The molecule has 0 amide bonds. The van der Waals surface area contributed by atoms with Crippen molar-refractivity contribution in [3.05, 3.63) is 35.4 Å². The van der Waals surface area contributed by atoms with Gasteiger partial charge in [-0.1, -0.05) is 18.2 Å². The van der Waals surface area contributed by atoms with Crippen molar-refractivity contribution in [2.24, 2.45) is 16.5 Å². The normalized spacial score (nSPS) is 9.44. The third-order valence-corrected chi connectivity index (χ3v) is 2.91. The third kappa shape index (κ3) is 4.24. The van der Waals surface area contributed by atoms with E-state index < -0.39 is 0 Å². The van der Waals surface area contributed by atoms with Gasteiger partial charge in [0.25, 0.3) is 0 Å². The first-order chi connectivity index (χ1) is 7.74. The van der Waals surface area contributed by atoms with Gasteiger partial charge in [-0.15, -0.1) is 0 Å². The molecule has 0 atom stereocenters. The molecule has 1 rings (SSSR count). The zero-order valence-corrected chi connectivity index (χ0v) is 9.70. The lowest BCUT2D eigenvalue weighted by Crippen LogP contribution is -2.23. The Hall–Kier alpha value is -1.67. The Labute approximate surface area is 99.3 Å². The van der Waals surface area contributed by atoms with Crippen molar-refractivity contribution in [3.8, 4) is 6.07 Å². The van der Waals surface area contributed by atoms with Gasteiger partial charge in [0.15, 0.2) is 5.96 Å². The van der Waals surface area contributed by atoms with E-state index in [2.05, 4.69) is 11.1 Å². The zero-order chi connectivity index (χ0) is 11.8. The maximum absolute atomic E-state index is 8.88. The summed E-state index contributed by atoms with van der Waals surface area (Å²) in [6, 6.07) is 9.77. The van der Waals surface area contributed by atoms with E-state index in [9.17, 15) is 0 Å². The van der Waals surface area contributed by atoms with Gasteiger partial charge in [0, 0.05) is 11.5 Å². The number of hydrogen-bond donors (Lipinski definition) is 2. The topological polar surface area (TPSA) is 88.2 Å². The van der Waals surface area contributed by atoms with Crippen LogP contribution in [0, 0.1) is 11.3 Å². The van der Waals surface area contributed by atoms with Gasteiger partial charge in [-0.05, 0) is 11.6 Å².